The molecule has 3 rings (SSSR count). The summed E-state index contributed by atoms with van der Waals surface area (Å²) in [5.74, 6) is 0.693. The smallest absolute Gasteiger partial charge is 0.243 e. The Labute approximate surface area is 112 Å². The second-order valence-corrected chi connectivity index (χ2v) is 4.83. The van der Waals surface area contributed by atoms with Gasteiger partial charge in [-0.25, -0.2) is 4.52 Å². The fraction of sp³-hybridized carbons (Fsp3) is 0.538. The van der Waals surface area contributed by atoms with Gasteiger partial charge in [-0.3, -0.25) is 4.90 Å². The number of hydrogen-bond donors (Lipinski definition) is 1. The van der Waals surface area contributed by atoms with E-state index in [2.05, 4.69) is 20.3 Å². The first kappa shape index (κ1) is 12.4. The van der Waals surface area contributed by atoms with E-state index in [0.717, 1.165) is 45.0 Å². The zero-order chi connectivity index (χ0) is 13.1. The summed E-state index contributed by atoms with van der Waals surface area (Å²) in [5, 5.41) is 7.68. The molecule has 0 aliphatic carbocycles. The highest BCUT2D eigenvalue weighted by atomic mass is 16.5. The minimum atomic E-state index is 0.693. The van der Waals surface area contributed by atoms with Crippen molar-refractivity contribution in [3.63, 3.8) is 0 Å². The quantitative estimate of drug-likeness (QED) is 0.881. The van der Waals surface area contributed by atoms with Crippen molar-refractivity contribution in [1.29, 1.82) is 0 Å². The fourth-order valence-electron chi connectivity index (χ4n) is 2.21. The molecule has 0 spiro atoms. The van der Waals surface area contributed by atoms with Gasteiger partial charge >= 0.3 is 0 Å². The van der Waals surface area contributed by atoms with Crippen LogP contribution in [0.5, 0.6) is 0 Å². The maximum atomic E-state index is 5.33. The van der Waals surface area contributed by atoms with Crippen LogP contribution in [0.3, 0.4) is 0 Å². The molecule has 3 heterocycles. The number of anilines is 1. The van der Waals surface area contributed by atoms with Crippen LogP contribution in [0.1, 0.15) is 5.56 Å². The Morgan fingerprint density at radius 1 is 1.32 bits per heavy atom. The van der Waals surface area contributed by atoms with Crippen molar-refractivity contribution in [2.45, 2.75) is 6.92 Å². The highest BCUT2D eigenvalue weighted by Gasteiger charge is 2.10. The van der Waals surface area contributed by atoms with Gasteiger partial charge in [-0.1, -0.05) is 6.07 Å². The standard InChI is InChI=1S/C13H19N5O/c1-11-2-3-12-15-13(16-18(12)10-11)14-4-5-17-6-8-19-9-7-17/h2-3,10H,4-9H2,1H3,(H,14,16). The molecule has 6 nitrogen and oxygen atoms in total. The van der Waals surface area contributed by atoms with E-state index >= 15 is 0 Å². The predicted octanol–water partition coefficient (Wildman–Crippen LogP) is 0.782. The SMILES string of the molecule is Cc1ccc2nc(NCCN3CCOCC3)nn2c1. The van der Waals surface area contributed by atoms with Gasteiger partial charge in [0.05, 0.1) is 13.2 Å². The number of hydrogen-bond acceptors (Lipinski definition) is 5. The Kier molecular flexibility index (Phi) is 3.61. The third kappa shape index (κ3) is 3.02. The van der Waals surface area contributed by atoms with Crippen LogP contribution in [0.15, 0.2) is 18.3 Å². The lowest BCUT2D eigenvalue weighted by atomic mass is 10.3. The van der Waals surface area contributed by atoms with Crippen LogP contribution >= 0.6 is 0 Å². The lowest BCUT2D eigenvalue weighted by molar-refractivity contribution is 0.0398. The molecule has 2 aromatic heterocycles. The van der Waals surface area contributed by atoms with Crippen LogP contribution < -0.4 is 5.32 Å². The van der Waals surface area contributed by atoms with Gasteiger partial charge in [-0.05, 0) is 18.6 Å². The summed E-state index contributed by atoms with van der Waals surface area (Å²) in [5.41, 5.74) is 2.05. The van der Waals surface area contributed by atoms with Crippen LogP contribution in [0.2, 0.25) is 0 Å². The van der Waals surface area contributed by atoms with Gasteiger partial charge in [0, 0.05) is 32.4 Å². The third-order valence-electron chi connectivity index (χ3n) is 3.29. The highest BCUT2D eigenvalue weighted by molar-refractivity contribution is 5.44. The zero-order valence-corrected chi connectivity index (χ0v) is 11.2. The van der Waals surface area contributed by atoms with Gasteiger partial charge in [-0.15, -0.1) is 5.10 Å². The average molecular weight is 261 g/mol. The van der Waals surface area contributed by atoms with Gasteiger partial charge in [-0.2, -0.15) is 4.98 Å². The number of fused-ring (bicyclic) bond motifs is 1. The Morgan fingerprint density at radius 2 is 2.16 bits per heavy atom. The number of ether oxygens (including phenoxy) is 1. The molecule has 2 aromatic rings. The summed E-state index contributed by atoms with van der Waals surface area (Å²) in [6, 6.07) is 4.02. The predicted molar refractivity (Wildman–Crippen MR) is 73.5 cm³/mol. The number of nitrogens with one attached hydrogen (secondary N) is 1. The van der Waals surface area contributed by atoms with Crippen LogP contribution in [-0.4, -0.2) is 58.9 Å². The van der Waals surface area contributed by atoms with Gasteiger partial charge < -0.3 is 10.1 Å². The van der Waals surface area contributed by atoms with Crippen LogP contribution in [0.25, 0.3) is 5.65 Å². The molecular formula is C13H19N5O. The molecule has 1 saturated heterocycles. The fourth-order valence-corrected chi connectivity index (χ4v) is 2.21. The number of pyridine rings is 1. The Hall–Kier alpha value is -1.66. The maximum Gasteiger partial charge on any atom is 0.243 e. The second kappa shape index (κ2) is 5.54. The molecule has 0 unspecified atom stereocenters. The van der Waals surface area contributed by atoms with E-state index in [1.165, 1.54) is 5.56 Å². The van der Waals surface area contributed by atoms with Crippen molar-refractivity contribution in [2.24, 2.45) is 0 Å². The molecule has 0 aromatic carbocycles. The number of morpholine rings is 1. The summed E-state index contributed by atoms with van der Waals surface area (Å²) in [6.45, 7) is 7.61. The van der Waals surface area contributed by atoms with E-state index in [-0.39, 0.29) is 0 Å². The molecular weight excluding hydrogens is 242 g/mol. The molecule has 0 amide bonds. The Morgan fingerprint density at radius 3 is 3.00 bits per heavy atom. The minimum Gasteiger partial charge on any atom is -0.379 e. The molecule has 19 heavy (non-hydrogen) atoms. The van der Waals surface area contributed by atoms with E-state index in [0.29, 0.717) is 5.95 Å². The van der Waals surface area contributed by atoms with Crippen LogP contribution in [-0.2, 0) is 4.74 Å². The normalized spacial score (nSPS) is 16.9. The third-order valence-corrected chi connectivity index (χ3v) is 3.29. The topological polar surface area (TPSA) is 54.7 Å². The first-order valence-electron chi connectivity index (χ1n) is 6.68. The van der Waals surface area contributed by atoms with E-state index in [9.17, 15) is 0 Å². The van der Waals surface area contributed by atoms with Crippen molar-refractivity contribution in [3.8, 4) is 0 Å². The summed E-state index contributed by atoms with van der Waals surface area (Å²) < 4.78 is 7.14. The second-order valence-electron chi connectivity index (χ2n) is 4.83. The van der Waals surface area contributed by atoms with Crippen LogP contribution in [0.4, 0.5) is 5.95 Å². The molecule has 0 atom stereocenters. The molecule has 1 fully saturated rings. The van der Waals surface area contributed by atoms with Crippen molar-refractivity contribution < 1.29 is 4.74 Å². The number of nitrogens with zero attached hydrogens (tertiary/aromatic N) is 4. The summed E-state index contributed by atoms with van der Waals surface area (Å²) in [7, 11) is 0. The molecule has 0 bridgehead atoms. The number of aromatic nitrogens is 3. The van der Waals surface area contributed by atoms with E-state index in [4.69, 9.17) is 4.74 Å². The first-order chi connectivity index (χ1) is 9.31. The van der Waals surface area contributed by atoms with Crippen molar-refractivity contribution in [1.82, 2.24) is 19.5 Å². The lowest BCUT2D eigenvalue weighted by Gasteiger charge is -2.26. The van der Waals surface area contributed by atoms with Gasteiger partial charge in [0.15, 0.2) is 5.65 Å². The van der Waals surface area contributed by atoms with E-state index in [1.54, 1.807) is 0 Å². The van der Waals surface area contributed by atoms with Gasteiger partial charge in [0.25, 0.3) is 0 Å². The summed E-state index contributed by atoms with van der Waals surface area (Å²) >= 11 is 0. The molecule has 0 saturated carbocycles. The van der Waals surface area contributed by atoms with Crippen molar-refractivity contribution >= 4 is 11.6 Å². The Bertz CT molecular complexity index is 547. The summed E-state index contributed by atoms with van der Waals surface area (Å²) in [6.07, 6.45) is 1.98. The largest absolute Gasteiger partial charge is 0.379 e. The van der Waals surface area contributed by atoms with Gasteiger partial charge in [0.1, 0.15) is 0 Å². The number of rotatable bonds is 4. The van der Waals surface area contributed by atoms with Gasteiger partial charge in [0.2, 0.25) is 5.95 Å². The molecule has 0 radical (unpaired) electrons. The lowest BCUT2D eigenvalue weighted by Crippen LogP contribution is -2.39. The van der Waals surface area contributed by atoms with Crippen LogP contribution in [0, 0.1) is 6.92 Å². The monoisotopic (exact) mass is 261 g/mol. The molecule has 1 N–H and O–H groups in total. The number of aryl methyl sites for hydroxylation is 1. The van der Waals surface area contributed by atoms with Crippen molar-refractivity contribution in [2.75, 3.05) is 44.7 Å². The average Bonchev–Trinajstić information content (AvgIpc) is 2.82. The molecule has 6 heteroatoms. The Balaban J connectivity index is 1.56. The highest BCUT2D eigenvalue weighted by Crippen LogP contribution is 2.06. The van der Waals surface area contributed by atoms with E-state index < -0.39 is 0 Å². The van der Waals surface area contributed by atoms with E-state index in [1.807, 2.05) is 29.8 Å². The molecule has 1 aliphatic rings. The maximum absolute atomic E-state index is 5.33. The minimum absolute atomic E-state index is 0.693. The van der Waals surface area contributed by atoms with Crippen molar-refractivity contribution in [3.05, 3.63) is 23.9 Å². The zero-order valence-electron chi connectivity index (χ0n) is 11.2. The summed E-state index contributed by atoms with van der Waals surface area (Å²) in [4.78, 5) is 6.82. The first-order valence-corrected chi connectivity index (χ1v) is 6.68. The molecule has 1 aliphatic heterocycles. The molecule has 102 valence electrons.